The molecule has 0 fully saturated rings. The second-order valence-corrected chi connectivity index (χ2v) is 7.56. The first-order valence-corrected chi connectivity index (χ1v) is 8.42. The minimum atomic E-state index is -0.138. The van der Waals surface area contributed by atoms with E-state index in [0.717, 1.165) is 16.3 Å². The van der Waals surface area contributed by atoms with Gasteiger partial charge in [0.15, 0.2) is 0 Å². The molecule has 1 aromatic carbocycles. The molecule has 0 saturated heterocycles. The van der Waals surface area contributed by atoms with Crippen molar-refractivity contribution in [3.63, 3.8) is 0 Å². The third-order valence-electron chi connectivity index (χ3n) is 3.37. The summed E-state index contributed by atoms with van der Waals surface area (Å²) >= 11 is 1.43. The molecule has 0 bridgehead atoms. The van der Waals surface area contributed by atoms with Crippen LogP contribution in [0.15, 0.2) is 43.1 Å². The van der Waals surface area contributed by atoms with E-state index in [1.165, 1.54) is 17.7 Å². The summed E-state index contributed by atoms with van der Waals surface area (Å²) in [6.45, 7) is 6.86. The van der Waals surface area contributed by atoms with Crippen molar-refractivity contribution in [2.75, 3.05) is 5.32 Å². The average Bonchev–Trinajstić information content (AvgIpc) is 3.18. The Morgan fingerprint density at radius 3 is 2.83 bits per heavy atom. The number of aromatic nitrogens is 4. The maximum Gasteiger partial charge on any atom is 0.267 e. The Morgan fingerprint density at radius 1 is 1.33 bits per heavy atom. The summed E-state index contributed by atoms with van der Waals surface area (Å²) in [7, 11) is 0. The van der Waals surface area contributed by atoms with Gasteiger partial charge >= 0.3 is 0 Å². The first-order valence-electron chi connectivity index (χ1n) is 7.61. The molecule has 6 nitrogen and oxygen atoms in total. The molecule has 0 aliphatic heterocycles. The van der Waals surface area contributed by atoms with Crippen LogP contribution in [0.5, 0.6) is 0 Å². The number of anilines is 1. The normalized spacial score (nSPS) is 11.5. The summed E-state index contributed by atoms with van der Waals surface area (Å²) in [5.74, 6) is -0.138. The van der Waals surface area contributed by atoms with Gasteiger partial charge in [0.2, 0.25) is 0 Å². The Labute approximate surface area is 144 Å². The Bertz CT molecular complexity index is 833. The number of rotatable bonds is 4. The van der Waals surface area contributed by atoms with Crippen molar-refractivity contribution in [2.45, 2.75) is 32.7 Å². The zero-order chi connectivity index (χ0) is 17.2. The van der Waals surface area contributed by atoms with Gasteiger partial charge in [0.05, 0.1) is 17.7 Å². The summed E-state index contributed by atoms with van der Waals surface area (Å²) < 4.78 is 1.74. The first kappa shape index (κ1) is 16.3. The number of carbonyl (C=O) groups is 1. The van der Waals surface area contributed by atoms with Gasteiger partial charge in [-0.3, -0.25) is 4.79 Å². The van der Waals surface area contributed by atoms with Crippen LogP contribution >= 0.6 is 11.3 Å². The van der Waals surface area contributed by atoms with Gasteiger partial charge in [-0.15, -0.1) is 11.3 Å². The van der Waals surface area contributed by atoms with Crippen molar-refractivity contribution >= 4 is 22.9 Å². The molecule has 2 heterocycles. The molecule has 0 aliphatic rings. The molecule has 2 aromatic heterocycles. The lowest BCUT2D eigenvalue weighted by Crippen LogP contribution is -2.11. The van der Waals surface area contributed by atoms with Crippen LogP contribution < -0.4 is 5.32 Å². The summed E-state index contributed by atoms with van der Waals surface area (Å²) in [6, 6.07) is 7.70. The molecular formula is C17H19N5OS. The van der Waals surface area contributed by atoms with Crippen LogP contribution in [0, 0.1) is 0 Å². The van der Waals surface area contributed by atoms with Crippen LogP contribution in [0.25, 0.3) is 0 Å². The Hall–Kier alpha value is -2.54. The van der Waals surface area contributed by atoms with E-state index >= 15 is 0 Å². The fourth-order valence-corrected chi connectivity index (χ4v) is 3.04. The van der Waals surface area contributed by atoms with Gasteiger partial charge in [0.1, 0.15) is 17.5 Å². The number of benzene rings is 1. The molecule has 1 amide bonds. The highest BCUT2D eigenvalue weighted by atomic mass is 32.1. The number of thiazole rings is 1. The molecule has 24 heavy (non-hydrogen) atoms. The molecule has 0 aliphatic carbocycles. The maximum absolute atomic E-state index is 12.4. The zero-order valence-corrected chi connectivity index (χ0v) is 14.7. The molecule has 0 unspecified atom stereocenters. The van der Waals surface area contributed by atoms with Crippen molar-refractivity contribution in [3.8, 4) is 0 Å². The summed E-state index contributed by atoms with van der Waals surface area (Å²) in [6.07, 6.45) is 4.80. The second kappa shape index (κ2) is 6.52. The van der Waals surface area contributed by atoms with Crippen molar-refractivity contribution in [2.24, 2.45) is 0 Å². The minimum Gasteiger partial charge on any atom is -0.321 e. The van der Waals surface area contributed by atoms with Crippen molar-refractivity contribution in [3.05, 3.63) is 58.6 Å². The highest BCUT2D eigenvalue weighted by Gasteiger charge is 2.20. The quantitative estimate of drug-likeness (QED) is 0.790. The fourth-order valence-electron chi connectivity index (χ4n) is 2.17. The van der Waals surface area contributed by atoms with Crippen LogP contribution in [0.4, 0.5) is 5.69 Å². The minimum absolute atomic E-state index is 0.0547. The summed E-state index contributed by atoms with van der Waals surface area (Å²) in [5.41, 5.74) is 1.74. The van der Waals surface area contributed by atoms with E-state index in [2.05, 4.69) is 41.2 Å². The molecule has 0 saturated carbocycles. The molecule has 1 N–H and O–H groups in total. The number of carbonyl (C=O) groups excluding carboxylic acids is 1. The summed E-state index contributed by atoms with van der Waals surface area (Å²) in [4.78, 5) is 21.3. The van der Waals surface area contributed by atoms with Crippen LogP contribution in [0.1, 0.15) is 41.0 Å². The SMILES string of the molecule is CC(C)(C)c1ncc(C(=O)Nc2cccc(Cn3cncn3)c2)s1. The largest absolute Gasteiger partial charge is 0.321 e. The van der Waals surface area contributed by atoms with Gasteiger partial charge in [-0.25, -0.2) is 14.6 Å². The molecule has 0 spiro atoms. The van der Waals surface area contributed by atoms with Gasteiger partial charge in [0, 0.05) is 11.1 Å². The van der Waals surface area contributed by atoms with E-state index in [0.29, 0.717) is 11.4 Å². The van der Waals surface area contributed by atoms with Crippen molar-refractivity contribution < 1.29 is 4.79 Å². The smallest absolute Gasteiger partial charge is 0.267 e. The lowest BCUT2D eigenvalue weighted by atomic mass is 9.98. The van der Waals surface area contributed by atoms with E-state index in [4.69, 9.17) is 0 Å². The maximum atomic E-state index is 12.4. The van der Waals surface area contributed by atoms with Crippen LogP contribution in [0.2, 0.25) is 0 Å². The van der Waals surface area contributed by atoms with E-state index in [9.17, 15) is 4.79 Å². The Balaban J connectivity index is 1.71. The van der Waals surface area contributed by atoms with Crippen molar-refractivity contribution in [1.82, 2.24) is 19.7 Å². The molecule has 0 radical (unpaired) electrons. The third-order valence-corrected chi connectivity index (χ3v) is 4.79. The van der Waals surface area contributed by atoms with Gasteiger partial charge in [-0.1, -0.05) is 32.9 Å². The lowest BCUT2D eigenvalue weighted by molar-refractivity contribution is 0.103. The van der Waals surface area contributed by atoms with Crippen LogP contribution in [0.3, 0.4) is 0 Å². The predicted octanol–water partition coefficient (Wildman–Crippen LogP) is 3.33. The van der Waals surface area contributed by atoms with Crippen LogP contribution in [-0.4, -0.2) is 25.7 Å². The first-order chi connectivity index (χ1) is 11.4. The van der Waals surface area contributed by atoms with Gasteiger partial charge in [0.25, 0.3) is 5.91 Å². The molecule has 7 heteroatoms. The standard InChI is InChI=1S/C17H19N5OS/c1-17(2,3)16-19-8-14(24-16)15(23)21-13-6-4-5-12(7-13)9-22-11-18-10-20-22/h4-8,10-11H,9H2,1-3H3,(H,21,23). The monoisotopic (exact) mass is 341 g/mol. The molecule has 124 valence electrons. The van der Waals surface area contributed by atoms with Gasteiger partial charge in [-0.05, 0) is 17.7 Å². The van der Waals surface area contributed by atoms with E-state index < -0.39 is 0 Å². The second-order valence-electron chi connectivity index (χ2n) is 6.53. The van der Waals surface area contributed by atoms with Crippen molar-refractivity contribution in [1.29, 1.82) is 0 Å². The van der Waals surface area contributed by atoms with E-state index in [1.54, 1.807) is 17.2 Å². The summed E-state index contributed by atoms with van der Waals surface area (Å²) in [5, 5.41) is 7.97. The average molecular weight is 341 g/mol. The van der Waals surface area contributed by atoms with Gasteiger partial charge < -0.3 is 5.32 Å². The number of hydrogen-bond donors (Lipinski definition) is 1. The molecule has 3 aromatic rings. The Morgan fingerprint density at radius 2 is 2.17 bits per heavy atom. The lowest BCUT2D eigenvalue weighted by Gasteiger charge is -2.13. The predicted molar refractivity (Wildman–Crippen MR) is 94.3 cm³/mol. The third kappa shape index (κ3) is 3.86. The van der Waals surface area contributed by atoms with E-state index in [-0.39, 0.29) is 11.3 Å². The Kier molecular flexibility index (Phi) is 4.44. The number of nitrogens with zero attached hydrogens (tertiary/aromatic N) is 4. The zero-order valence-electron chi connectivity index (χ0n) is 13.9. The number of nitrogens with one attached hydrogen (secondary N) is 1. The number of hydrogen-bond acceptors (Lipinski definition) is 5. The van der Waals surface area contributed by atoms with Crippen LogP contribution in [-0.2, 0) is 12.0 Å². The number of amides is 1. The molecule has 0 atom stereocenters. The van der Waals surface area contributed by atoms with E-state index in [1.807, 2.05) is 24.3 Å². The van der Waals surface area contributed by atoms with Gasteiger partial charge in [-0.2, -0.15) is 5.10 Å². The molecular weight excluding hydrogens is 322 g/mol. The topological polar surface area (TPSA) is 72.7 Å². The fraction of sp³-hybridized carbons (Fsp3) is 0.294. The molecule has 3 rings (SSSR count). The highest BCUT2D eigenvalue weighted by Crippen LogP contribution is 2.27. The highest BCUT2D eigenvalue weighted by molar-refractivity contribution is 7.13.